The SMILES string of the molecule is Cc1cnc2c(c1)nc(C(C)Cl)n2CC1CCCC(C)C1. The number of halogens is 1. The molecule has 0 aromatic carbocycles. The van der Waals surface area contributed by atoms with E-state index in [9.17, 15) is 0 Å². The van der Waals surface area contributed by atoms with Crippen LogP contribution in [0.3, 0.4) is 0 Å². The van der Waals surface area contributed by atoms with E-state index in [0.29, 0.717) is 0 Å². The highest BCUT2D eigenvalue weighted by Crippen LogP contribution is 2.32. The summed E-state index contributed by atoms with van der Waals surface area (Å²) in [6.07, 6.45) is 7.26. The summed E-state index contributed by atoms with van der Waals surface area (Å²) >= 11 is 6.35. The molecular weight excluding hydrogens is 282 g/mol. The monoisotopic (exact) mass is 305 g/mol. The zero-order valence-corrected chi connectivity index (χ0v) is 13.9. The van der Waals surface area contributed by atoms with Crippen molar-refractivity contribution in [2.24, 2.45) is 11.8 Å². The molecule has 3 atom stereocenters. The van der Waals surface area contributed by atoms with Crippen molar-refractivity contribution in [1.82, 2.24) is 14.5 Å². The Morgan fingerprint density at radius 3 is 2.95 bits per heavy atom. The minimum Gasteiger partial charge on any atom is -0.311 e. The summed E-state index contributed by atoms with van der Waals surface area (Å²) in [6.45, 7) is 7.42. The number of hydrogen-bond donors (Lipinski definition) is 0. The van der Waals surface area contributed by atoms with E-state index in [4.69, 9.17) is 16.6 Å². The standard InChI is InChI=1S/C17H24ClN3/c1-11-5-4-6-14(7-11)10-21-16(13(3)18)20-15-8-12(2)9-19-17(15)21/h8-9,11,13-14H,4-7,10H2,1-3H3. The third-order valence-electron chi connectivity index (χ3n) is 4.59. The predicted octanol–water partition coefficient (Wildman–Crippen LogP) is 4.87. The summed E-state index contributed by atoms with van der Waals surface area (Å²) in [6, 6.07) is 2.10. The second-order valence-electron chi connectivity index (χ2n) is 6.69. The lowest BCUT2D eigenvalue weighted by Crippen LogP contribution is -2.20. The van der Waals surface area contributed by atoms with Crippen LogP contribution >= 0.6 is 11.6 Å². The molecule has 3 unspecified atom stereocenters. The minimum atomic E-state index is -0.0829. The summed E-state index contributed by atoms with van der Waals surface area (Å²) in [5.41, 5.74) is 3.11. The summed E-state index contributed by atoms with van der Waals surface area (Å²) < 4.78 is 2.26. The zero-order chi connectivity index (χ0) is 15.0. The normalized spacial score (nSPS) is 24.4. The average molecular weight is 306 g/mol. The summed E-state index contributed by atoms with van der Waals surface area (Å²) in [4.78, 5) is 9.34. The summed E-state index contributed by atoms with van der Waals surface area (Å²) in [5, 5.41) is -0.0829. The first-order valence-electron chi connectivity index (χ1n) is 8.01. The highest BCUT2D eigenvalue weighted by molar-refractivity contribution is 6.20. The molecule has 4 heteroatoms. The molecule has 0 N–H and O–H groups in total. The van der Waals surface area contributed by atoms with Gasteiger partial charge in [-0.3, -0.25) is 0 Å². The van der Waals surface area contributed by atoms with Gasteiger partial charge in [0.2, 0.25) is 0 Å². The van der Waals surface area contributed by atoms with Gasteiger partial charge < -0.3 is 4.57 Å². The first kappa shape index (κ1) is 14.8. The Kier molecular flexibility index (Phi) is 4.21. The number of aryl methyl sites for hydroxylation is 1. The molecule has 2 aromatic heterocycles. The number of rotatable bonds is 3. The van der Waals surface area contributed by atoms with Gasteiger partial charge in [-0.25, -0.2) is 9.97 Å². The average Bonchev–Trinajstić information content (AvgIpc) is 2.77. The largest absolute Gasteiger partial charge is 0.311 e. The van der Waals surface area contributed by atoms with Crippen molar-refractivity contribution in [1.29, 1.82) is 0 Å². The number of imidazole rings is 1. The molecule has 2 aromatic rings. The molecule has 3 nitrogen and oxygen atoms in total. The van der Waals surface area contributed by atoms with E-state index in [1.165, 1.54) is 25.7 Å². The summed E-state index contributed by atoms with van der Waals surface area (Å²) in [5.74, 6) is 2.53. The van der Waals surface area contributed by atoms with Crippen LogP contribution in [0.2, 0.25) is 0 Å². The molecule has 1 saturated carbocycles. The van der Waals surface area contributed by atoms with E-state index >= 15 is 0 Å². The second kappa shape index (κ2) is 5.96. The van der Waals surface area contributed by atoms with E-state index < -0.39 is 0 Å². The molecule has 3 rings (SSSR count). The van der Waals surface area contributed by atoms with Crippen molar-refractivity contribution < 1.29 is 0 Å². The first-order valence-corrected chi connectivity index (χ1v) is 8.45. The van der Waals surface area contributed by atoms with Crippen LogP contribution in [0.25, 0.3) is 11.2 Å². The molecule has 0 spiro atoms. The molecule has 114 valence electrons. The molecule has 2 heterocycles. The molecular formula is C17H24ClN3. The lowest BCUT2D eigenvalue weighted by Gasteiger charge is -2.27. The predicted molar refractivity (Wildman–Crippen MR) is 87.7 cm³/mol. The Balaban J connectivity index is 1.97. The van der Waals surface area contributed by atoms with E-state index in [1.807, 2.05) is 13.1 Å². The maximum atomic E-state index is 6.35. The molecule has 1 aliphatic carbocycles. The zero-order valence-electron chi connectivity index (χ0n) is 13.1. The van der Waals surface area contributed by atoms with Crippen molar-refractivity contribution in [3.8, 4) is 0 Å². The lowest BCUT2D eigenvalue weighted by atomic mass is 9.82. The molecule has 21 heavy (non-hydrogen) atoms. The fraction of sp³-hybridized carbons (Fsp3) is 0.647. The van der Waals surface area contributed by atoms with E-state index in [-0.39, 0.29) is 5.38 Å². The quantitative estimate of drug-likeness (QED) is 0.758. The maximum Gasteiger partial charge on any atom is 0.160 e. The van der Waals surface area contributed by atoms with Crippen molar-refractivity contribution in [3.63, 3.8) is 0 Å². The Labute approximate surface area is 131 Å². The van der Waals surface area contributed by atoms with Crippen LogP contribution < -0.4 is 0 Å². The van der Waals surface area contributed by atoms with Gasteiger partial charge in [-0.15, -0.1) is 11.6 Å². The third-order valence-corrected chi connectivity index (χ3v) is 4.79. The number of hydrogen-bond acceptors (Lipinski definition) is 2. The van der Waals surface area contributed by atoms with E-state index in [0.717, 1.165) is 40.9 Å². The summed E-state index contributed by atoms with van der Waals surface area (Å²) in [7, 11) is 0. The minimum absolute atomic E-state index is 0.0829. The van der Waals surface area contributed by atoms with Crippen LogP contribution in [-0.2, 0) is 6.54 Å². The van der Waals surface area contributed by atoms with Crippen LogP contribution in [0.1, 0.15) is 56.3 Å². The Bertz CT molecular complexity index is 632. The third kappa shape index (κ3) is 3.08. The van der Waals surface area contributed by atoms with E-state index in [1.54, 1.807) is 0 Å². The number of pyridine rings is 1. The maximum absolute atomic E-state index is 6.35. The van der Waals surface area contributed by atoms with Crippen molar-refractivity contribution in [3.05, 3.63) is 23.7 Å². The number of fused-ring (bicyclic) bond motifs is 1. The van der Waals surface area contributed by atoms with Crippen LogP contribution in [-0.4, -0.2) is 14.5 Å². The fourth-order valence-electron chi connectivity index (χ4n) is 3.60. The molecule has 0 saturated heterocycles. The number of aromatic nitrogens is 3. The van der Waals surface area contributed by atoms with Gasteiger partial charge in [-0.2, -0.15) is 0 Å². The van der Waals surface area contributed by atoms with Gasteiger partial charge >= 0.3 is 0 Å². The van der Waals surface area contributed by atoms with E-state index in [2.05, 4.69) is 29.5 Å². The Morgan fingerprint density at radius 2 is 2.24 bits per heavy atom. The van der Waals surface area contributed by atoms with Crippen LogP contribution in [0.15, 0.2) is 12.3 Å². The topological polar surface area (TPSA) is 30.7 Å². The number of alkyl halides is 1. The second-order valence-corrected chi connectivity index (χ2v) is 7.34. The van der Waals surface area contributed by atoms with Gasteiger partial charge in [-0.05, 0) is 50.2 Å². The first-order chi connectivity index (χ1) is 10.0. The Hall–Kier alpha value is -1.09. The van der Waals surface area contributed by atoms with Crippen LogP contribution in [0.4, 0.5) is 0 Å². The molecule has 0 radical (unpaired) electrons. The smallest absolute Gasteiger partial charge is 0.160 e. The van der Waals surface area contributed by atoms with Gasteiger partial charge in [0.15, 0.2) is 5.65 Å². The molecule has 0 aliphatic heterocycles. The van der Waals surface area contributed by atoms with Crippen molar-refractivity contribution >= 4 is 22.8 Å². The highest BCUT2D eigenvalue weighted by Gasteiger charge is 2.23. The van der Waals surface area contributed by atoms with Crippen molar-refractivity contribution in [2.75, 3.05) is 0 Å². The van der Waals surface area contributed by atoms with Crippen molar-refractivity contribution in [2.45, 2.75) is 58.4 Å². The molecule has 0 amide bonds. The lowest BCUT2D eigenvalue weighted by molar-refractivity contribution is 0.256. The fourth-order valence-corrected chi connectivity index (χ4v) is 3.76. The van der Waals surface area contributed by atoms with Gasteiger partial charge in [0, 0.05) is 12.7 Å². The van der Waals surface area contributed by atoms with Gasteiger partial charge in [-0.1, -0.05) is 19.8 Å². The van der Waals surface area contributed by atoms with Gasteiger partial charge in [0.05, 0.1) is 5.38 Å². The molecule has 0 bridgehead atoms. The molecule has 1 fully saturated rings. The van der Waals surface area contributed by atoms with Crippen LogP contribution in [0.5, 0.6) is 0 Å². The number of nitrogens with zero attached hydrogens (tertiary/aromatic N) is 3. The van der Waals surface area contributed by atoms with Crippen LogP contribution in [0, 0.1) is 18.8 Å². The van der Waals surface area contributed by atoms with Gasteiger partial charge in [0.1, 0.15) is 11.3 Å². The molecule has 1 aliphatic rings. The van der Waals surface area contributed by atoms with Gasteiger partial charge in [0.25, 0.3) is 0 Å². The Morgan fingerprint density at radius 1 is 1.43 bits per heavy atom. The highest BCUT2D eigenvalue weighted by atomic mass is 35.5.